The summed E-state index contributed by atoms with van der Waals surface area (Å²) in [6.45, 7) is 2.41. The fourth-order valence-corrected chi connectivity index (χ4v) is 1.75. The summed E-state index contributed by atoms with van der Waals surface area (Å²) in [7, 11) is 0. The maximum Gasteiger partial charge on any atom is 0.271 e. The van der Waals surface area contributed by atoms with Gasteiger partial charge >= 0.3 is 0 Å². The first kappa shape index (κ1) is 13.9. The van der Waals surface area contributed by atoms with Gasteiger partial charge in [0.15, 0.2) is 11.4 Å². The van der Waals surface area contributed by atoms with Crippen molar-refractivity contribution >= 4 is 17.5 Å². The molecule has 7 heteroatoms. The van der Waals surface area contributed by atoms with Crippen molar-refractivity contribution in [2.75, 3.05) is 13.1 Å². The third kappa shape index (κ3) is 3.25. The standard InChI is InChI=1S/C13H16N4O3/c1-9(18)14-5-3-6-15-13(20)10-8-17-7-2-4-11(19)12(17)16-10/h2,4,7-8,19H,3,5-6H2,1H3,(H,14,18)(H,15,20). The molecule has 0 unspecified atom stereocenters. The van der Waals surface area contributed by atoms with E-state index in [1.165, 1.54) is 13.0 Å². The second kappa shape index (κ2) is 6.05. The molecule has 0 aliphatic rings. The van der Waals surface area contributed by atoms with Crippen LogP contribution in [0.3, 0.4) is 0 Å². The minimum Gasteiger partial charge on any atom is -0.504 e. The second-order valence-electron chi connectivity index (χ2n) is 4.34. The molecule has 2 rings (SSSR count). The highest BCUT2D eigenvalue weighted by atomic mass is 16.3. The first-order valence-electron chi connectivity index (χ1n) is 6.27. The van der Waals surface area contributed by atoms with Gasteiger partial charge in [-0.15, -0.1) is 0 Å². The number of pyridine rings is 1. The van der Waals surface area contributed by atoms with E-state index >= 15 is 0 Å². The summed E-state index contributed by atoms with van der Waals surface area (Å²) in [5.74, 6) is -0.375. The van der Waals surface area contributed by atoms with E-state index in [1.807, 2.05) is 0 Å². The molecule has 0 radical (unpaired) electrons. The van der Waals surface area contributed by atoms with Crippen molar-refractivity contribution in [3.05, 3.63) is 30.2 Å². The highest BCUT2D eigenvalue weighted by molar-refractivity contribution is 5.93. The monoisotopic (exact) mass is 276 g/mol. The Morgan fingerprint density at radius 2 is 2.10 bits per heavy atom. The highest BCUT2D eigenvalue weighted by Gasteiger charge is 2.11. The van der Waals surface area contributed by atoms with Gasteiger partial charge < -0.3 is 20.1 Å². The summed E-state index contributed by atoms with van der Waals surface area (Å²) in [4.78, 5) is 26.6. The number of nitrogens with zero attached hydrogens (tertiary/aromatic N) is 2. The maximum atomic E-state index is 11.9. The van der Waals surface area contributed by atoms with E-state index in [0.29, 0.717) is 25.2 Å². The number of amides is 2. The Kier molecular flexibility index (Phi) is 4.19. The van der Waals surface area contributed by atoms with Crippen LogP contribution in [0.5, 0.6) is 5.75 Å². The second-order valence-corrected chi connectivity index (χ2v) is 4.34. The van der Waals surface area contributed by atoms with Crippen LogP contribution in [-0.2, 0) is 4.79 Å². The number of hydrogen-bond donors (Lipinski definition) is 3. The van der Waals surface area contributed by atoms with Crippen LogP contribution in [0.2, 0.25) is 0 Å². The normalized spacial score (nSPS) is 10.4. The number of carbonyl (C=O) groups excluding carboxylic acids is 2. The molecule has 106 valence electrons. The number of hydrogen-bond acceptors (Lipinski definition) is 4. The quantitative estimate of drug-likeness (QED) is 0.684. The molecule has 2 aromatic rings. The Bertz CT molecular complexity index is 636. The van der Waals surface area contributed by atoms with Crippen LogP contribution < -0.4 is 10.6 Å². The lowest BCUT2D eigenvalue weighted by atomic mass is 10.4. The Balaban J connectivity index is 1.91. The molecule has 0 atom stereocenters. The van der Waals surface area contributed by atoms with Gasteiger partial charge in [-0.05, 0) is 18.6 Å². The molecular weight excluding hydrogens is 260 g/mol. The molecule has 0 aliphatic carbocycles. The molecule has 0 fully saturated rings. The van der Waals surface area contributed by atoms with Crippen LogP contribution in [0.4, 0.5) is 0 Å². The molecule has 0 spiro atoms. The van der Waals surface area contributed by atoms with Crippen LogP contribution in [0.15, 0.2) is 24.5 Å². The molecule has 3 N–H and O–H groups in total. The summed E-state index contributed by atoms with van der Waals surface area (Å²) >= 11 is 0. The summed E-state index contributed by atoms with van der Waals surface area (Å²) in [6.07, 6.45) is 3.90. The van der Waals surface area contributed by atoms with Crippen LogP contribution in [0, 0.1) is 0 Å². The molecule has 0 saturated heterocycles. The van der Waals surface area contributed by atoms with Crippen molar-refractivity contribution in [3.8, 4) is 5.75 Å². The molecule has 0 saturated carbocycles. The van der Waals surface area contributed by atoms with Crippen LogP contribution >= 0.6 is 0 Å². The third-order valence-electron chi connectivity index (χ3n) is 2.71. The molecule has 0 aliphatic heterocycles. The van der Waals surface area contributed by atoms with Gasteiger partial charge in [-0.2, -0.15) is 0 Å². The first-order chi connectivity index (χ1) is 9.58. The van der Waals surface area contributed by atoms with E-state index in [9.17, 15) is 14.7 Å². The van der Waals surface area contributed by atoms with Crippen molar-refractivity contribution in [2.45, 2.75) is 13.3 Å². The topological polar surface area (TPSA) is 95.7 Å². The van der Waals surface area contributed by atoms with E-state index in [-0.39, 0.29) is 23.3 Å². The summed E-state index contributed by atoms with van der Waals surface area (Å²) in [5, 5.41) is 15.0. The largest absolute Gasteiger partial charge is 0.504 e. The number of fused-ring (bicyclic) bond motifs is 1. The predicted octanol–water partition coefficient (Wildman–Crippen LogP) is 0.296. The Labute approximate surface area is 115 Å². The van der Waals surface area contributed by atoms with Gasteiger partial charge in [0.2, 0.25) is 5.91 Å². The van der Waals surface area contributed by atoms with Gasteiger partial charge in [0.05, 0.1) is 0 Å². The summed E-state index contributed by atoms with van der Waals surface area (Å²) in [6, 6.07) is 3.18. The van der Waals surface area contributed by atoms with Crippen molar-refractivity contribution in [3.63, 3.8) is 0 Å². The van der Waals surface area contributed by atoms with E-state index in [2.05, 4.69) is 15.6 Å². The zero-order valence-corrected chi connectivity index (χ0v) is 11.1. The predicted molar refractivity (Wildman–Crippen MR) is 72.5 cm³/mol. The molecule has 2 heterocycles. The average molecular weight is 276 g/mol. The van der Waals surface area contributed by atoms with Gasteiger partial charge in [-0.25, -0.2) is 4.98 Å². The Morgan fingerprint density at radius 3 is 2.80 bits per heavy atom. The van der Waals surface area contributed by atoms with E-state index in [0.717, 1.165) is 0 Å². The maximum absolute atomic E-state index is 11.9. The Morgan fingerprint density at radius 1 is 1.35 bits per heavy atom. The van der Waals surface area contributed by atoms with Gasteiger partial charge in [0.25, 0.3) is 5.91 Å². The van der Waals surface area contributed by atoms with Gasteiger partial charge in [-0.1, -0.05) is 0 Å². The zero-order valence-electron chi connectivity index (χ0n) is 11.1. The molecule has 0 aromatic carbocycles. The van der Waals surface area contributed by atoms with E-state index in [1.54, 1.807) is 22.9 Å². The van der Waals surface area contributed by atoms with Crippen molar-refractivity contribution < 1.29 is 14.7 Å². The number of nitrogens with one attached hydrogen (secondary N) is 2. The summed E-state index contributed by atoms with van der Waals surface area (Å²) < 4.78 is 1.58. The van der Waals surface area contributed by atoms with Crippen molar-refractivity contribution in [2.24, 2.45) is 0 Å². The molecule has 20 heavy (non-hydrogen) atoms. The van der Waals surface area contributed by atoms with Crippen LogP contribution in [-0.4, -0.2) is 39.4 Å². The van der Waals surface area contributed by atoms with Crippen molar-refractivity contribution in [1.29, 1.82) is 0 Å². The van der Waals surface area contributed by atoms with Gasteiger partial charge in [0.1, 0.15) is 5.69 Å². The molecule has 2 aromatic heterocycles. The van der Waals surface area contributed by atoms with Gasteiger partial charge in [-0.3, -0.25) is 9.59 Å². The fraction of sp³-hybridized carbons (Fsp3) is 0.308. The third-order valence-corrected chi connectivity index (χ3v) is 2.71. The van der Waals surface area contributed by atoms with Crippen LogP contribution in [0.1, 0.15) is 23.8 Å². The smallest absolute Gasteiger partial charge is 0.271 e. The number of carbonyl (C=O) groups is 2. The lowest BCUT2D eigenvalue weighted by Crippen LogP contribution is -2.28. The molecular formula is C13H16N4O3. The van der Waals surface area contributed by atoms with Crippen LogP contribution in [0.25, 0.3) is 5.65 Å². The highest BCUT2D eigenvalue weighted by Crippen LogP contribution is 2.16. The minimum absolute atomic E-state index is 0.0252. The summed E-state index contributed by atoms with van der Waals surface area (Å²) in [5.41, 5.74) is 0.585. The SMILES string of the molecule is CC(=O)NCCCNC(=O)c1cn2cccc(O)c2n1. The minimum atomic E-state index is -0.309. The number of rotatable bonds is 5. The average Bonchev–Trinajstić information content (AvgIpc) is 2.83. The fourth-order valence-electron chi connectivity index (χ4n) is 1.75. The molecule has 2 amide bonds. The molecule has 7 nitrogen and oxygen atoms in total. The molecule has 0 bridgehead atoms. The van der Waals surface area contributed by atoms with Crippen molar-refractivity contribution in [1.82, 2.24) is 20.0 Å². The first-order valence-corrected chi connectivity index (χ1v) is 6.27. The zero-order chi connectivity index (χ0) is 14.5. The Hall–Kier alpha value is -2.57. The van der Waals surface area contributed by atoms with E-state index < -0.39 is 0 Å². The number of aromatic hydroxyl groups is 1. The van der Waals surface area contributed by atoms with E-state index in [4.69, 9.17) is 0 Å². The lowest BCUT2D eigenvalue weighted by Gasteiger charge is -2.03. The number of aromatic nitrogens is 2. The lowest BCUT2D eigenvalue weighted by molar-refractivity contribution is -0.118. The van der Waals surface area contributed by atoms with Gasteiger partial charge in [0, 0.05) is 32.4 Å². The number of imidazole rings is 1.